The molecule has 0 aromatic heterocycles. The van der Waals surface area contributed by atoms with Crippen molar-refractivity contribution in [2.45, 2.75) is 38.6 Å². The van der Waals surface area contributed by atoms with E-state index in [9.17, 15) is 4.79 Å². The lowest BCUT2D eigenvalue weighted by Crippen LogP contribution is -2.52. The Morgan fingerprint density at radius 3 is 2.32 bits per heavy atom. The minimum atomic E-state index is -0.158. The van der Waals surface area contributed by atoms with Gasteiger partial charge in [0.15, 0.2) is 0 Å². The second kappa shape index (κ2) is 7.10. The Balaban J connectivity index is 1.73. The summed E-state index contributed by atoms with van der Waals surface area (Å²) in [5.41, 5.74) is 5.74. The predicted molar refractivity (Wildman–Crippen MR) is 75.0 cm³/mol. The third kappa shape index (κ3) is 3.83. The minimum absolute atomic E-state index is 0.158. The lowest BCUT2D eigenvalue weighted by molar-refractivity contribution is 0.0542. The van der Waals surface area contributed by atoms with Crippen molar-refractivity contribution in [1.82, 2.24) is 9.80 Å². The number of rotatable bonds is 3. The molecule has 1 aliphatic heterocycles. The van der Waals surface area contributed by atoms with Gasteiger partial charge in [-0.25, -0.2) is 4.79 Å². The highest BCUT2D eigenvalue weighted by molar-refractivity contribution is 5.67. The molecule has 2 N–H and O–H groups in total. The summed E-state index contributed by atoms with van der Waals surface area (Å²) in [6.45, 7) is 6.72. The summed E-state index contributed by atoms with van der Waals surface area (Å²) in [6.07, 6.45) is 4.90. The van der Waals surface area contributed by atoms with Crippen molar-refractivity contribution >= 4 is 6.09 Å². The van der Waals surface area contributed by atoms with Crippen molar-refractivity contribution in [3.63, 3.8) is 0 Å². The van der Waals surface area contributed by atoms with Gasteiger partial charge in [-0.15, -0.1) is 0 Å². The summed E-state index contributed by atoms with van der Waals surface area (Å²) in [5, 5.41) is 0. The van der Waals surface area contributed by atoms with Crippen LogP contribution in [0, 0.1) is 5.92 Å². The van der Waals surface area contributed by atoms with Crippen LogP contribution in [0.15, 0.2) is 0 Å². The van der Waals surface area contributed by atoms with E-state index in [1.54, 1.807) is 0 Å². The first-order chi connectivity index (χ1) is 9.24. The molecular formula is C14H27N3O2. The van der Waals surface area contributed by atoms with E-state index >= 15 is 0 Å². The van der Waals surface area contributed by atoms with Crippen molar-refractivity contribution in [3.05, 3.63) is 0 Å². The van der Waals surface area contributed by atoms with Crippen molar-refractivity contribution in [2.75, 3.05) is 39.3 Å². The zero-order valence-corrected chi connectivity index (χ0v) is 12.0. The van der Waals surface area contributed by atoms with Crippen molar-refractivity contribution in [3.8, 4) is 0 Å². The Morgan fingerprint density at radius 2 is 1.79 bits per heavy atom. The topological polar surface area (TPSA) is 58.8 Å². The molecule has 1 heterocycles. The Morgan fingerprint density at radius 1 is 1.16 bits per heavy atom. The first kappa shape index (κ1) is 14.6. The molecule has 0 aromatic carbocycles. The summed E-state index contributed by atoms with van der Waals surface area (Å²) >= 11 is 0. The maximum absolute atomic E-state index is 11.6. The molecule has 0 unspecified atom stereocenters. The second-order valence-electron chi connectivity index (χ2n) is 5.63. The van der Waals surface area contributed by atoms with Gasteiger partial charge in [-0.1, -0.05) is 0 Å². The molecule has 1 aliphatic carbocycles. The molecule has 2 rings (SSSR count). The van der Waals surface area contributed by atoms with E-state index in [4.69, 9.17) is 10.5 Å². The van der Waals surface area contributed by atoms with Crippen LogP contribution in [0.5, 0.6) is 0 Å². The van der Waals surface area contributed by atoms with Crippen LogP contribution in [0.2, 0.25) is 0 Å². The van der Waals surface area contributed by atoms with Crippen molar-refractivity contribution in [2.24, 2.45) is 11.7 Å². The number of nitrogens with two attached hydrogens (primary N) is 1. The number of amides is 1. The van der Waals surface area contributed by atoms with Gasteiger partial charge in [0.2, 0.25) is 0 Å². The van der Waals surface area contributed by atoms with Gasteiger partial charge in [-0.3, -0.25) is 4.90 Å². The van der Waals surface area contributed by atoms with E-state index in [1.165, 1.54) is 25.7 Å². The highest BCUT2D eigenvalue weighted by Gasteiger charge is 2.29. The molecule has 0 radical (unpaired) electrons. The van der Waals surface area contributed by atoms with Gasteiger partial charge < -0.3 is 15.4 Å². The van der Waals surface area contributed by atoms with E-state index in [1.807, 2.05) is 11.8 Å². The molecule has 2 fully saturated rings. The normalized spacial score (nSPS) is 29.3. The quantitative estimate of drug-likeness (QED) is 0.838. The number of hydrogen-bond donors (Lipinski definition) is 1. The number of carbonyl (C=O) groups excluding carboxylic acids is 1. The van der Waals surface area contributed by atoms with Crippen LogP contribution in [0.3, 0.4) is 0 Å². The van der Waals surface area contributed by atoms with E-state index in [0.717, 1.165) is 38.6 Å². The van der Waals surface area contributed by atoms with Crippen LogP contribution in [-0.4, -0.2) is 61.3 Å². The van der Waals surface area contributed by atoms with Gasteiger partial charge in [0.1, 0.15) is 0 Å². The van der Waals surface area contributed by atoms with Crippen molar-refractivity contribution in [1.29, 1.82) is 0 Å². The summed E-state index contributed by atoms with van der Waals surface area (Å²) < 4.78 is 5.05. The Bertz CT molecular complexity index is 282. The minimum Gasteiger partial charge on any atom is -0.450 e. The van der Waals surface area contributed by atoms with E-state index in [0.29, 0.717) is 12.6 Å². The molecule has 1 saturated heterocycles. The molecule has 0 atom stereocenters. The van der Waals surface area contributed by atoms with Crippen LogP contribution in [0.4, 0.5) is 4.79 Å². The molecule has 19 heavy (non-hydrogen) atoms. The highest BCUT2D eigenvalue weighted by Crippen LogP contribution is 2.27. The molecule has 1 saturated carbocycles. The predicted octanol–water partition coefficient (Wildman–Crippen LogP) is 1.28. The molecule has 0 bridgehead atoms. The summed E-state index contributed by atoms with van der Waals surface area (Å²) in [6, 6.07) is 0.701. The molecule has 110 valence electrons. The van der Waals surface area contributed by atoms with E-state index in [-0.39, 0.29) is 6.09 Å². The van der Waals surface area contributed by atoms with Crippen molar-refractivity contribution < 1.29 is 9.53 Å². The smallest absolute Gasteiger partial charge is 0.409 e. The summed E-state index contributed by atoms with van der Waals surface area (Å²) in [4.78, 5) is 16.0. The Kier molecular flexibility index (Phi) is 5.45. The first-order valence-electron chi connectivity index (χ1n) is 7.60. The second-order valence-corrected chi connectivity index (χ2v) is 5.63. The number of carbonyl (C=O) groups is 1. The van der Waals surface area contributed by atoms with Gasteiger partial charge >= 0.3 is 6.09 Å². The third-order valence-electron chi connectivity index (χ3n) is 4.51. The van der Waals surface area contributed by atoms with Gasteiger partial charge in [-0.2, -0.15) is 0 Å². The Labute approximate surface area is 116 Å². The number of hydrogen-bond acceptors (Lipinski definition) is 4. The maximum Gasteiger partial charge on any atom is 0.409 e. The number of nitrogens with zero attached hydrogens (tertiary/aromatic N) is 2. The molecule has 0 aromatic rings. The van der Waals surface area contributed by atoms with E-state index in [2.05, 4.69) is 4.90 Å². The molecule has 1 amide bonds. The fraction of sp³-hybridized carbons (Fsp3) is 0.929. The fourth-order valence-electron chi connectivity index (χ4n) is 3.23. The molecule has 5 heteroatoms. The average Bonchev–Trinajstić information content (AvgIpc) is 2.48. The van der Waals surface area contributed by atoms with Crippen LogP contribution in [0.25, 0.3) is 0 Å². The fourth-order valence-corrected chi connectivity index (χ4v) is 3.23. The number of piperazine rings is 1. The Hall–Kier alpha value is -0.810. The van der Waals surface area contributed by atoms with Gasteiger partial charge in [0.25, 0.3) is 0 Å². The third-order valence-corrected chi connectivity index (χ3v) is 4.51. The van der Waals surface area contributed by atoms with Crippen LogP contribution in [-0.2, 0) is 4.74 Å². The largest absolute Gasteiger partial charge is 0.450 e. The molecule has 5 nitrogen and oxygen atoms in total. The van der Waals surface area contributed by atoms with Crippen LogP contribution in [0.1, 0.15) is 32.6 Å². The molecule has 0 spiro atoms. The van der Waals surface area contributed by atoms with Gasteiger partial charge in [-0.05, 0) is 45.1 Å². The highest BCUT2D eigenvalue weighted by atomic mass is 16.6. The number of ether oxygens (including phenoxy) is 1. The van der Waals surface area contributed by atoms with Crippen LogP contribution < -0.4 is 5.73 Å². The standard InChI is InChI=1S/C14H27N3O2/c1-2-19-14(18)17-9-7-16(8-10-17)13-5-3-12(11-15)4-6-13/h12-13H,2-11,15H2,1H3/t12-,13-. The van der Waals surface area contributed by atoms with Gasteiger partial charge in [0.05, 0.1) is 6.61 Å². The lowest BCUT2D eigenvalue weighted by Gasteiger charge is -2.41. The van der Waals surface area contributed by atoms with E-state index < -0.39 is 0 Å². The molecule has 2 aliphatic rings. The summed E-state index contributed by atoms with van der Waals surface area (Å²) in [5.74, 6) is 0.733. The zero-order chi connectivity index (χ0) is 13.7. The molecular weight excluding hydrogens is 242 g/mol. The lowest BCUT2D eigenvalue weighted by atomic mass is 9.85. The first-order valence-corrected chi connectivity index (χ1v) is 7.60. The SMILES string of the molecule is CCOC(=O)N1CCN([C@H]2CC[C@H](CN)CC2)CC1. The monoisotopic (exact) mass is 269 g/mol. The van der Waals surface area contributed by atoms with Crippen LogP contribution >= 0.6 is 0 Å². The summed E-state index contributed by atoms with van der Waals surface area (Å²) in [7, 11) is 0. The zero-order valence-electron chi connectivity index (χ0n) is 12.0. The maximum atomic E-state index is 11.6. The average molecular weight is 269 g/mol. The van der Waals surface area contributed by atoms with Gasteiger partial charge in [0, 0.05) is 32.2 Å².